The molecule has 0 atom stereocenters. The molecule has 0 unspecified atom stereocenters. The van der Waals surface area contributed by atoms with E-state index in [1.807, 2.05) is 12.1 Å². The maximum Gasteiger partial charge on any atom is 0.327 e. The molecule has 1 aliphatic rings. The van der Waals surface area contributed by atoms with E-state index in [-0.39, 0.29) is 13.1 Å². The summed E-state index contributed by atoms with van der Waals surface area (Å²) in [4.78, 5) is 27.6. The second-order valence-electron chi connectivity index (χ2n) is 3.35. The number of morpholine rings is 1. The molecule has 1 aliphatic heterocycles. The number of nitrogens with zero attached hydrogens (tertiary/aromatic N) is 2. The van der Waals surface area contributed by atoms with Gasteiger partial charge in [-0.1, -0.05) is 6.07 Å². The zero-order valence-electron chi connectivity index (χ0n) is 8.05. The molecule has 0 saturated carbocycles. The highest BCUT2D eigenvalue weighted by molar-refractivity contribution is 5.90. The van der Waals surface area contributed by atoms with Crippen LogP contribution in [0.4, 0.5) is 0 Å². The third-order valence-corrected chi connectivity index (χ3v) is 2.06. The van der Waals surface area contributed by atoms with Crippen molar-refractivity contribution in [3.63, 3.8) is 0 Å². The van der Waals surface area contributed by atoms with Crippen LogP contribution in [0, 0.1) is 0 Å². The molecular weight excluding hydrogens is 196 g/mol. The summed E-state index contributed by atoms with van der Waals surface area (Å²) in [5.41, 5.74) is 0.972. The maximum absolute atomic E-state index is 11.0. The quantitative estimate of drug-likeness (QED) is 0.502. The maximum atomic E-state index is 11.0. The number of carbonyl (C=O) groups is 2. The molecule has 1 aromatic heterocycles. The molecule has 5 nitrogen and oxygen atoms in total. The van der Waals surface area contributed by atoms with Gasteiger partial charge < -0.3 is 4.74 Å². The molecule has 1 aromatic rings. The highest BCUT2D eigenvalue weighted by Crippen LogP contribution is 2.06. The van der Waals surface area contributed by atoms with E-state index in [2.05, 4.69) is 9.72 Å². The van der Waals surface area contributed by atoms with Gasteiger partial charge in [0, 0.05) is 18.9 Å². The van der Waals surface area contributed by atoms with E-state index in [1.54, 1.807) is 17.3 Å². The lowest BCUT2D eigenvalue weighted by Gasteiger charge is -2.23. The monoisotopic (exact) mass is 206 g/mol. The van der Waals surface area contributed by atoms with Crippen LogP contribution in [-0.2, 0) is 20.9 Å². The lowest BCUT2D eigenvalue weighted by Crippen LogP contribution is -2.42. The van der Waals surface area contributed by atoms with E-state index in [0.29, 0.717) is 6.54 Å². The molecule has 0 spiro atoms. The van der Waals surface area contributed by atoms with E-state index in [1.165, 1.54) is 0 Å². The molecule has 15 heavy (non-hydrogen) atoms. The first-order chi connectivity index (χ1) is 7.24. The van der Waals surface area contributed by atoms with Gasteiger partial charge in [-0.2, -0.15) is 0 Å². The summed E-state index contributed by atoms with van der Waals surface area (Å²) in [6, 6.07) is 3.72. The summed E-state index contributed by atoms with van der Waals surface area (Å²) in [6.07, 6.45) is 3.39. The van der Waals surface area contributed by atoms with Gasteiger partial charge >= 0.3 is 11.9 Å². The summed E-state index contributed by atoms with van der Waals surface area (Å²) < 4.78 is 4.42. The Morgan fingerprint density at radius 1 is 1.33 bits per heavy atom. The van der Waals surface area contributed by atoms with Gasteiger partial charge in [0.05, 0.1) is 13.1 Å². The molecule has 0 aromatic carbocycles. The Balaban J connectivity index is 2.00. The number of aromatic nitrogens is 1. The van der Waals surface area contributed by atoms with Crippen LogP contribution in [0.2, 0.25) is 0 Å². The molecular formula is C10H10N2O3. The second-order valence-corrected chi connectivity index (χ2v) is 3.35. The Morgan fingerprint density at radius 2 is 2.07 bits per heavy atom. The summed E-state index contributed by atoms with van der Waals surface area (Å²) in [5, 5.41) is 0. The van der Waals surface area contributed by atoms with Crippen molar-refractivity contribution in [2.45, 2.75) is 6.54 Å². The molecule has 1 saturated heterocycles. The van der Waals surface area contributed by atoms with Crippen LogP contribution in [0.5, 0.6) is 0 Å². The minimum absolute atomic E-state index is 0.153. The van der Waals surface area contributed by atoms with Gasteiger partial charge in [0.15, 0.2) is 0 Å². The Labute approximate surface area is 86.7 Å². The van der Waals surface area contributed by atoms with Gasteiger partial charge in [-0.05, 0) is 11.6 Å². The van der Waals surface area contributed by atoms with Gasteiger partial charge in [-0.3, -0.25) is 19.5 Å². The Morgan fingerprint density at radius 3 is 2.67 bits per heavy atom. The number of carbonyl (C=O) groups excluding carboxylic acids is 2. The second kappa shape index (κ2) is 4.18. The third-order valence-electron chi connectivity index (χ3n) is 2.06. The summed E-state index contributed by atoms with van der Waals surface area (Å²) in [5.74, 6) is -0.981. The predicted molar refractivity (Wildman–Crippen MR) is 50.6 cm³/mol. The number of hydrogen-bond donors (Lipinski definition) is 0. The van der Waals surface area contributed by atoms with Crippen molar-refractivity contribution in [1.82, 2.24) is 9.88 Å². The van der Waals surface area contributed by atoms with Crippen molar-refractivity contribution in [1.29, 1.82) is 0 Å². The Bertz CT molecular complexity index is 362. The first-order valence-electron chi connectivity index (χ1n) is 4.59. The van der Waals surface area contributed by atoms with Crippen molar-refractivity contribution in [3.8, 4) is 0 Å². The van der Waals surface area contributed by atoms with Crippen LogP contribution in [0.1, 0.15) is 5.56 Å². The zero-order valence-corrected chi connectivity index (χ0v) is 8.05. The SMILES string of the molecule is O=C1CN(Cc2cccnc2)CC(=O)O1. The summed E-state index contributed by atoms with van der Waals surface area (Å²) >= 11 is 0. The first-order valence-corrected chi connectivity index (χ1v) is 4.59. The van der Waals surface area contributed by atoms with Crippen LogP contribution in [-0.4, -0.2) is 34.9 Å². The molecule has 5 heteroatoms. The van der Waals surface area contributed by atoms with E-state index in [4.69, 9.17) is 0 Å². The fourth-order valence-corrected chi connectivity index (χ4v) is 1.47. The fraction of sp³-hybridized carbons (Fsp3) is 0.300. The highest BCUT2D eigenvalue weighted by Gasteiger charge is 2.24. The number of esters is 2. The summed E-state index contributed by atoms with van der Waals surface area (Å²) in [6.45, 7) is 0.843. The van der Waals surface area contributed by atoms with Gasteiger partial charge in [0.1, 0.15) is 0 Å². The molecule has 0 radical (unpaired) electrons. The van der Waals surface area contributed by atoms with Crippen molar-refractivity contribution >= 4 is 11.9 Å². The standard InChI is InChI=1S/C10H10N2O3/c13-9-6-12(7-10(14)15-9)5-8-2-1-3-11-4-8/h1-4H,5-7H2. The van der Waals surface area contributed by atoms with Crippen LogP contribution in [0.25, 0.3) is 0 Å². The molecule has 0 aliphatic carbocycles. The Kier molecular flexibility index (Phi) is 2.73. The van der Waals surface area contributed by atoms with E-state index in [9.17, 15) is 9.59 Å². The van der Waals surface area contributed by atoms with Crippen LogP contribution in [0.3, 0.4) is 0 Å². The molecule has 2 rings (SSSR count). The highest BCUT2D eigenvalue weighted by atomic mass is 16.6. The van der Waals surface area contributed by atoms with Gasteiger partial charge in [0.25, 0.3) is 0 Å². The molecule has 0 bridgehead atoms. The molecule has 0 amide bonds. The predicted octanol–water partition coefficient (Wildman–Crippen LogP) is -0.0330. The van der Waals surface area contributed by atoms with Crippen molar-refractivity contribution < 1.29 is 14.3 Å². The van der Waals surface area contributed by atoms with E-state index in [0.717, 1.165) is 5.56 Å². The number of cyclic esters (lactones) is 2. The topological polar surface area (TPSA) is 59.5 Å². The van der Waals surface area contributed by atoms with Crippen LogP contribution in [0.15, 0.2) is 24.5 Å². The molecule has 1 fully saturated rings. The van der Waals surface area contributed by atoms with Crippen molar-refractivity contribution in [2.24, 2.45) is 0 Å². The number of rotatable bonds is 2. The van der Waals surface area contributed by atoms with Crippen LogP contribution >= 0.6 is 0 Å². The van der Waals surface area contributed by atoms with Gasteiger partial charge in [0.2, 0.25) is 0 Å². The minimum Gasteiger partial charge on any atom is -0.391 e. The van der Waals surface area contributed by atoms with Crippen molar-refractivity contribution in [2.75, 3.05) is 13.1 Å². The van der Waals surface area contributed by atoms with Crippen molar-refractivity contribution in [3.05, 3.63) is 30.1 Å². The molecule has 2 heterocycles. The average Bonchev–Trinajstić information content (AvgIpc) is 2.17. The number of hydrogen-bond acceptors (Lipinski definition) is 5. The number of pyridine rings is 1. The van der Waals surface area contributed by atoms with Gasteiger partial charge in [-0.25, -0.2) is 0 Å². The first kappa shape index (κ1) is 9.79. The molecule has 78 valence electrons. The zero-order chi connectivity index (χ0) is 10.7. The van der Waals surface area contributed by atoms with Gasteiger partial charge in [-0.15, -0.1) is 0 Å². The van der Waals surface area contributed by atoms with Crippen LogP contribution < -0.4 is 0 Å². The Hall–Kier alpha value is -1.75. The summed E-state index contributed by atoms with van der Waals surface area (Å²) in [7, 11) is 0. The minimum atomic E-state index is -0.491. The smallest absolute Gasteiger partial charge is 0.327 e. The molecule has 0 N–H and O–H groups in total. The van der Waals surface area contributed by atoms with E-state index < -0.39 is 11.9 Å². The average molecular weight is 206 g/mol. The van der Waals surface area contributed by atoms with E-state index >= 15 is 0 Å². The lowest BCUT2D eigenvalue weighted by molar-refractivity contribution is -0.167. The normalized spacial score (nSPS) is 17.6. The fourth-order valence-electron chi connectivity index (χ4n) is 1.47. The lowest BCUT2D eigenvalue weighted by atomic mass is 10.2. The number of ether oxygens (including phenoxy) is 1. The third kappa shape index (κ3) is 2.60. The largest absolute Gasteiger partial charge is 0.391 e.